The smallest absolute Gasteiger partial charge is 0.363 e. The Hall–Kier alpha value is -4.81. The number of fused-ring (bicyclic) bond motifs is 1. The topological polar surface area (TPSA) is 99.8 Å². The molecule has 3 aromatic heterocycles. The summed E-state index contributed by atoms with van der Waals surface area (Å²) in [5.74, 6) is 1.38. The second-order valence-corrected chi connectivity index (χ2v) is 12.4. The van der Waals surface area contributed by atoms with Crippen LogP contribution in [0.1, 0.15) is 58.7 Å². The van der Waals surface area contributed by atoms with Gasteiger partial charge in [-0.25, -0.2) is 19.5 Å². The molecule has 1 saturated heterocycles. The van der Waals surface area contributed by atoms with Crippen molar-refractivity contribution in [2.45, 2.75) is 44.7 Å². The summed E-state index contributed by atoms with van der Waals surface area (Å²) in [6, 6.07) is 13.4. The van der Waals surface area contributed by atoms with E-state index in [2.05, 4.69) is 15.1 Å². The monoisotopic (exact) mass is 646 g/mol. The Labute approximate surface area is 270 Å². The van der Waals surface area contributed by atoms with E-state index in [9.17, 15) is 22.8 Å². The van der Waals surface area contributed by atoms with Gasteiger partial charge < -0.3 is 14.7 Å². The number of alkyl halides is 3. The second-order valence-electron chi connectivity index (χ2n) is 12.4. The Balaban J connectivity index is 1.06. The molecule has 0 aliphatic carbocycles. The highest BCUT2D eigenvalue weighted by Crippen LogP contribution is 2.28. The molecule has 1 aromatic carbocycles. The number of hydrogen-bond donors (Lipinski definition) is 0. The van der Waals surface area contributed by atoms with Gasteiger partial charge in [-0.1, -0.05) is 18.2 Å². The maximum absolute atomic E-state index is 13.3. The number of anilines is 1. The molecule has 0 bridgehead atoms. The fourth-order valence-corrected chi connectivity index (χ4v) is 6.17. The van der Waals surface area contributed by atoms with Gasteiger partial charge in [0.15, 0.2) is 11.5 Å². The molecule has 47 heavy (non-hydrogen) atoms. The third kappa shape index (κ3) is 7.78. The molecule has 246 valence electrons. The SMILES string of the molecule is CN(C)c1cc(CC2CCN(C(=O)c3ccc(Cc4nc5c(C6=CCN(C(=O)CCC(F)(F)F)CC6)cccn5n4)cc3)C2)ncn1. The minimum absolute atomic E-state index is 0.0209. The van der Waals surface area contributed by atoms with Gasteiger partial charge in [0.1, 0.15) is 12.1 Å². The minimum atomic E-state index is -4.35. The van der Waals surface area contributed by atoms with Crippen molar-refractivity contribution in [3.05, 3.63) is 89.3 Å². The highest BCUT2D eigenvalue weighted by molar-refractivity contribution is 5.94. The Morgan fingerprint density at radius 2 is 1.85 bits per heavy atom. The van der Waals surface area contributed by atoms with Crippen LogP contribution in [-0.2, 0) is 17.6 Å². The van der Waals surface area contributed by atoms with Gasteiger partial charge in [0.2, 0.25) is 5.91 Å². The van der Waals surface area contributed by atoms with Gasteiger partial charge in [-0.05, 0) is 60.6 Å². The summed E-state index contributed by atoms with van der Waals surface area (Å²) >= 11 is 0. The van der Waals surface area contributed by atoms with E-state index in [1.165, 1.54) is 4.90 Å². The second kappa shape index (κ2) is 13.5. The van der Waals surface area contributed by atoms with Crippen LogP contribution in [0, 0.1) is 5.92 Å². The first-order valence-electron chi connectivity index (χ1n) is 15.8. The first-order valence-corrected chi connectivity index (χ1v) is 15.8. The standard InChI is InChI=1S/C34H37F3N8O2/c1-42(2)30-20-27(38-22-39-30)18-24-10-15-44(21-24)33(47)26-7-5-23(6-8-26)19-29-40-32-28(4-3-14-45(32)41-29)25-11-16-43(17-12-25)31(46)9-13-34(35,36)37/h3-8,11,14,20,22,24H,9-10,12-13,15-19,21H2,1-2H3. The summed E-state index contributed by atoms with van der Waals surface area (Å²) in [5.41, 5.74) is 5.15. The predicted octanol–water partition coefficient (Wildman–Crippen LogP) is 4.84. The fourth-order valence-electron chi connectivity index (χ4n) is 6.17. The molecule has 5 heterocycles. The maximum atomic E-state index is 13.3. The third-order valence-corrected chi connectivity index (χ3v) is 8.74. The molecule has 13 heteroatoms. The van der Waals surface area contributed by atoms with Crippen LogP contribution in [0.15, 0.2) is 61.1 Å². The van der Waals surface area contributed by atoms with E-state index in [4.69, 9.17) is 4.98 Å². The molecule has 6 rings (SSSR count). The van der Waals surface area contributed by atoms with E-state index < -0.39 is 24.9 Å². The van der Waals surface area contributed by atoms with Crippen LogP contribution >= 0.6 is 0 Å². The number of hydrogen-bond acceptors (Lipinski definition) is 7. The number of nitrogens with zero attached hydrogens (tertiary/aromatic N) is 8. The van der Waals surface area contributed by atoms with Gasteiger partial charge in [-0.2, -0.15) is 18.3 Å². The molecule has 2 amide bonds. The van der Waals surface area contributed by atoms with E-state index in [-0.39, 0.29) is 12.5 Å². The number of carbonyl (C=O) groups is 2. The molecule has 0 spiro atoms. The number of rotatable bonds is 9. The lowest BCUT2D eigenvalue weighted by Gasteiger charge is -2.27. The number of likely N-dealkylation sites (tertiary alicyclic amines) is 1. The molecule has 10 nitrogen and oxygen atoms in total. The van der Waals surface area contributed by atoms with Crippen molar-refractivity contribution in [3.63, 3.8) is 0 Å². The van der Waals surface area contributed by atoms with Crippen LogP contribution in [0.25, 0.3) is 11.2 Å². The Bertz CT molecular complexity index is 1780. The molecule has 0 N–H and O–H groups in total. The molecule has 2 aliphatic heterocycles. The highest BCUT2D eigenvalue weighted by Gasteiger charge is 2.30. The normalized spacial score (nSPS) is 16.9. The zero-order chi connectivity index (χ0) is 33.1. The molecule has 0 radical (unpaired) electrons. The fraction of sp³-hybridized carbons (Fsp3) is 0.412. The molecule has 1 fully saturated rings. The van der Waals surface area contributed by atoms with Crippen molar-refractivity contribution >= 4 is 28.9 Å². The largest absolute Gasteiger partial charge is 0.389 e. The van der Waals surface area contributed by atoms with Crippen LogP contribution in [0.5, 0.6) is 0 Å². The first-order chi connectivity index (χ1) is 22.5. The Morgan fingerprint density at radius 3 is 2.57 bits per heavy atom. The van der Waals surface area contributed by atoms with Gasteiger partial charge in [0.25, 0.3) is 5.91 Å². The van der Waals surface area contributed by atoms with Crippen LogP contribution in [0.4, 0.5) is 19.0 Å². The highest BCUT2D eigenvalue weighted by atomic mass is 19.4. The predicted molar refractivity (Wildman–Crippen MR) is 171 cm³/mol. The summed E-state index contributed by atoms with van der Waals surface area (Å²) in [6.45, 7) is 2.02. The lowest BCUT2D eigenvalue weighted by Crippen LogP contribution is -2.35. The number of pyridine rings is 1. The number of halogens is 3. The van der Waals surface area contributed by atoms with Gasteiger partial charge >= 0.3 is 6.18 Å². The van der Waals surface area contributed by atoms with E-state index in [1.54, 1.807) is 10.8 Å². The van der Waals surface area contributed by atoms with Gasteiger partial charge in [-0.3, -0.25) is 9.59 Å². The van der Waals surface area contributed by atoms with Gasteiger partial charge in [0.05, 0.1) is 6.42 Å². The molecule has 4 aromatic rings. The average Bonchev–Trinajstić information content (AvgIpc) is 3.70. The maximum Gasteiger partial charge on any atom is 0.389 e. The third-order valence-electron chi connectivity index (χ3n) is 8.74. The van der Waals surface area contributed by atoms with E-state index in [1.807, 2.05) is 78.6 Å². The van der Waals surface area contributed by atoms with Crippen LogP contribution in [0.3, 0.4) is 0 Å². The Morgan fingerprint density at radius 1 is 1.04 bits per heavy atom. The summed E-state index contributed by atoms with van der Waals surface area (Å²) in [6.07, 6.45) is 2.05. The average molecular weight is 647 g/mol. The summed E-state index contributed by atoms with van der Waals surface area (Å²) in [7, 11) is 3.90. The zero-order valence-corrected chi connectivity index (χ0v) is 26.5. The summed E-state index contributed by atoms with van der Waals surface area (Å²) in [5, 5.41) is 4.65. The van der Waals surface area contributed by atoms with Gasteiger partial charge in [0, 0.05) is 82.2 Å². The molecule has 1 unspecified atom stereocenters. The van der Waals surface area contributed by atoms with Crippen molar-refractivity contribution in [2.24, 2.45) is 5.92 Å². The van der Waals surface area contributed by atoms with Crippen molar-refractivity contribution in [2.75, 3.05) is 45.2 Å². The molecular weight excluding hydrogens is 609 g/mol. The lowest BCUT2D eigenvalue weighted by atomic mass is 10.00. The van der Waals surface area contributed by atoms with E-state index >= 15 is 0 Å². The summed E-state index contributed by atoms with van der Waals surface area (Å²) < 4.78 is 39.3. The number of benzene rings is 1. The zero-order valence-electron chi connectivity index (χ0n) is 26.5. The van der Waals surface area contributed by atoms with E-state index in [0.717, 1.165) is 41.1 Å². The summed E-state index contributed by atoms with van der Waals surface area (Å²) in [4.78, 5) is 44.4. The van der Waals surface area contributed by atoms with Crippen molar-refractivity contribution in [3.8, 4) is 0 Å². The van der Waals surface area contributed by atoms with E-state index in [0.29, 0.717) is 55.4 Å². The van der Waals surface area contributed by atoms with Crippen molar-refractivity contribution < 1.29 is 22.8 Å². The first kappa shape index (κ1) is 32.1. The Kier molecular flexibility index (Phi) is 9.24. The van der Waals surface area contributed by atoms with Gasteiger partial charge in [-0.15, -0.1) is 0 Å². The molecular formula is C34H37F3N8O2. The molecule has 1 atom stereocenters. The van der Waals surface area contributed by atoms with Crippen LogP contribution in [0.2, 0.25) is 0 Å². The van der Waals surface area contributed by atoms with Crippen molar-refractivity contribution in [1.82, 2.24) is 34.4 Å². The minimum Gasteiger partial charge on any atom is -0.363 e. The van der Waals surface area contributed by atoms with Crippen LogP contribution < -0.4 is 4.90 Å². The quantitative estimate of drug-likeness (QED) is 0.257. The molecule has 2 aliphatic rings. The van der Waals surface area contributed by atoms with Crippen molar-refractivity contribution in [1.29, 1.82) is 0 Å². The number of aromatic nitrogens is 5. The molecule has 0 saturated carbocycles. The number of carbonyl (C=O) groups excluding carboxylic acids is 2. The van der Waals surface area contributed by atoms with Crippen LogP contribution in [-0.4, -0.2) is 92.6 Å². The number of amides is 2. The lowest BCUT2D eigenvalue weighted by molar-refractivity contribution is -0.148.